The van der Waals surface area contributed by atoms with E-state index < -0.39 is 0 Å². The maximum atomic E-state index is 12.3. The minimum absolute atomic E-state index is 0.0542. The van der Waals surface area contributed by atoms with Crippen LogP contribution in [0.2, 0.25) is 0 Å². The molecule has 0 bridgehead atoms. The summed E-state index contributed by atoms with van der Waals surface area (Å²) in [5.74, 6) is -0.424. The number of esters is 1. The summed E-state index contributed by atoms with van der Waals surface area (Å²) < 4.78 is 6.67. The Morgan fingerprint density at radius 1 is 1.08 bits per heavy atom. The van der Waals surface area contributed by atoms with Crippen molar-refractivity contribution in [2.75, 3.05) is 7.11 Å². The minimum atomic E-state index is -0.370. The number of carbonyl (C=O) groups is 2. The first kappa shape index (κ1) is 16.8. The number of hydrogen-bond acceptors (Lipinski definition) is 3. The van der Waals surface area contributed by atoms with E-state index in [-0.39, 0.29) is 18.4 Å². The van der Waals surface area contributed by atoms with Crippen LogP contribution in [0, 0.1) is 6.92 Å². The zero-order chi connectivity index (χ0) is 17.8. The van der Waals surface area contributed by atoms with Crippen LogP contribution in [0.1, 0.15) is 21.6 Å². The van der Waals surface area contributed by atoms with E-state index in [9.17, 15) is 9.59 Å². The van der Waals surface area contributed by atoms with Gasteiger partial charge in [0.05, 0.1) is 12.7 Å². The summed E-state index contributed by atoms with van der Waals surface area (Å²) in [6.45, 7) is 2.69. The topological polar surface area (TPSA) is 60.3 Å². The Morgan fingerprint density at radius 2 is 1.80 bits per heavy atom. The van der Waals surface area contributed by atoms with E-state index >= 15 is 0 Å². The molecule has 2 aromatic carbocycles. The van der Waals surface area contributed by atoms with Crippen molar-refractivity contribution in [1.82, 2.24) is 9.88 Å². The lowest BCUT2D eigenvalue weighted by atomic mass is 10.1. The molecule has 1 heterocycles. The monoisotopic (exact) mass is 336 g/mol. The summed E-state index contributed by atoms with van der Waals surface area (Å²) in [5, 5.41) is 4.05. The Kier molecular flexibility index (Phi) is 4.84. The van der Waals surface area contributed by atoms with Crippen LogP contribution in [0.15, 0.2) is 54.6 Å². The van der Waals surface area contributed by atoms with E-state index in [2.05, 4.69) is 16.1 Å². The molecule has 5 nitrogen and oxygen atoms in total. The standard InChI is InChI=1S/C20H20N2O3/c1-14-11-17-5-3-4-6-18(17)22(14)13-19(23)21-12-15-7-9-16(10-8-15)20(24)25-2/h3-11H,12-13H2,1-2H3,(H,21,23). The van der Waals surface area contributed by atoms with Gasteiger partial charge < -0.3 is 14.6 Å². The molecule has 25 heavy (non-hydrogen) atoms. The van der Waals surface area contributed by atoms with Crippen molar-refractivity contribution in [2.45, 2.75) is 20.0 Å². The van der Waals surface area contributed by atoms with Gasteiger partial charge in [-0.15, -0.1) is 0 Å². The van der Waals surface area contributed by atoms with E-state index in [1.165, 1.54) is 7.11 Å². The maximum absolute atomic E-state index is 12.3. The largest absolute Gasteiger partial charge is 0.465 e. The van der Waals surface area contributed by atoms with Gasteiger partial charge in [-0.05, 0) is 42.1 Å². The molecule has 0 saturated heterocycles. The number of nitrogens with zero attached hydrogens (tertiary/aromatic N) is 1. The lowest BCUT2D eigenvalue weighted by Crippen LogP contribution is -2.27. The molecule has 128 valence electrons. The molecule has 0 aliphatic rings. The van der Waals surface area contributed by atoms with Crippen molar-refractivity contribution in [2.24, 2.45) is 0 Å². The van der Waals surface area contributed by atoms with Gasteiger partial charge in [0.2, 0.25) is 5.91 Å². The van der Waals surface area contributed by atoms with Gasteiger partial charge in [-0.1, -0.05) is 30.3 Å². The summed E-state index contributed by atoms with van der Waals surface area (Å²) >= 11 is 0. The minimum Gasteiger partial charge on any atom is -0.465 e. The summed E-state index contributed by atoms with van der Waals surface area (Å²) in [6, 6.07) is 17.1. The fourth-order valence-electron chi connectivity index (χ4n) is 2.83. The number of carbonyl (C=O) groups excluding carboxylic acids is 2. The molecule has 0 unspecified atom stereocenters. The van der Waals surface area contributed by atoms with Crippen LogP contribution in [-0.4, -0.2) is 23.6 Å². The van der Waals surface area contributed by atoms with E-state index in [1.54, 1.807) is 12.1 Å². The fourth-order valence-corrected chi connectivity index (χ4v) is 2.83. The average molecular weight is 336 g/mol. The van der Waals surface area contributed by atoms with Crippen LogP contribution in [0.5, 0.6) is 0 Å². The summed E-state index contributed by atoms with van der Waals surface area (Å²) in [4.78, 5) is 23.7. The Morgan fingerprint density at radius 3 is 2.52 bits per heavy atom. The van der Waals surface area contributed by atoms with Gasteiger partial charge in [-0.2, -0.15) is 0 Å². The van der Waals surface area contributed by atoms with Gasteiger partial charge in [0.25, 0.3) is 0 Å². The number of aryl methyl sites for hydroxylation is 1. The molecule has 1 N–H and O–H groups in total. The molecule has 0 aliphatic heterocycles. The van der Waals surface area contributed by atoms with Crippen molar-refractivity contribution in [3.63, 3.8) is 0 Å². The highest BCUT2D eigenvalue weighted by Crippen LogP contribution is 2.18. The van der Waals surface area contributed by atoms with Crippen LogP contribution < -0.4 is 5.32 Å². The van der Waals surface area contributed by atoms with Crippen molar-refractivity contribution < 1.29 is 14.3 Å². The zero-order valence-electron chi connectivity index (χ0n) is 14.3. The lowest BCUT2D eigenvalue weighted by molar-refractivity contribution is -0.121. The second-order valence-electron chi connectivity index (χ2n) is 5.90. The van der Waals surface area contributed by atoms with Gasteiger partial charge in [0.1, 0.15) is 6.54 Å². The molecule has 0 spiro atoms. The van der Waals surface area contributed by atoms with Crippen molar-refractivity contribution in [1.29, 1.82) is 0 Å². The molecule has 0 atom stereocenters. The van der Waals surface area contributed by atoms with E-state index in [0.29, 0.717) is 12.1 Å². The first-order chi connectivity index (χ1) is 12.1. The van der Waals surface area contributed by atoms with Crippen molar-refractivity contribution in [3.8, 4) is 0 Å². The number of benzene rings is 2. The van der Waals surface area contributed by atoms with Gasteiger partial charge in [0, 0.05) is 17.8 Å². The molecule has 3 rings (SSSR count). The first-order valence-electron chi connectivity index (χ1n) is 8.07. The Hall–Kier alpha value is -3.08. The van der Waals surface area contributed by atoms with Crippen LogP contribution >= 0.6 is 0 Å². The summed E-state index contributed by atoms with van der Waals surface area (Å²) in [7, 11) is 1.35. The number of ether oxygens (including phenoxy) is 1. The highest BCUT2D eigenvalue weighted by molar-refractivity contribution is 5.89. The van der Waals surface area contributed by atoms with Crippen molar-refractivity contribution in [3.05, 3.63) is 71.4 Å². The second kappa shape index (κ2) is 7.21. The lowest BCUT2D eigenvalue weighted by Gasteiger charge is -2.10. The van der Waals surface area contributed by atoms with Gasteiger partial charge in [0.15, 0.2) is 0 Å². The predicted molar refractivity (Wildman–Crippen MR) is 96.3 cm³/mol. The third kappa shape index (κ3) is 3.71. The number of methoxy groups -OCH3 is 1. The molecule has 1 amide bonds. The Labute approximate surface area is 146 Å². The van der Waals surface area contributed by atoms with Gasteiger partial charge >= 0.3 is 5.97 Å². The summed E-state index contributed by atoms with van der Waals surface area (Å²) in [6.07, 6.45) is 0. The third-order valence-corrected chi connectivity index (χ3v) is 4.18. The van der Waals surface area contributed by atoms with E-state index in [1.807, 2.05) is 47.9 Å². The zero-order valence-corrected chi connectivity index (χ0v) is 14.3. The Balaban J connectivity index is 1.63. The molecule has 3 aromatic rings. The quantitative estimate of drug-likeness (QED) is 0.729. The number of hydrogen-bond donors (Lipinski definition) is 1. The fraction of sp³-hybridized carbons (Fsp3) is 0.200. The van der Waals surface area contributed by atoms with Gasteiger partial charge in [-0.25, -0.2) is 4.79 Å². The number of aromatic nitrogens is 1. The molecule has 0 radical (unpaired) electrons. The predicted octanol–water partition coefficient (Wildman–Crippen LogP) is 3.05. The van der Waals surface area contributed by atoms with Crippen LogP contribution in [0.25, 0.3) is 10.9 Å². The summed E-state index contributed by atoms with van der Waals surface area (Å²) in [5.41, 5.74) is 3.53. The second-order valence-corrected chi connectivity index (χ2v) is 5.90. The van der Waals surface area contributed by atoms with E-state index in [4.69, 9.17) is 0 Å². The van der Waals surface area contributed by atoms with Crippen LogP contribution in [0.3, 0.4) is 0 Å². The number of nitrogens with one attached hydrogen (secondary N) is 1. The molecule has 0 saturated carbocycles. The van der Waals surface area contributed by atoms with Crippen LogP contribution in [-0.2, 0) is 22.6 Å². The van der Waals surface area contributed by atoms with Gasteiger partial charge in [-0.3, -0.25) is 4.79 Å². The average Bonchev–Trinajstić information content (AvgIpc) is 2.95. The van der Waals surface area contributed by atoms with Crippen molar-refractivity contribution >= 4 is 22.8 Å². The number of para-hydroxylation sites is 1. The third-order valence-electron chi connectivity index (χ3n) is 4.18. The molecule has 0 fully saturated rings. The maximum Gasteiger partial charge on any atom is 0.337 e. The Bertz CT molecular complexity index is 910. The normalized spacial score (nSPS) is 10.6. The molecule has 0 aliphatic carbocycles. The smallest absolute Gasteiger partial charge is 0.337 e. The highest BCUT2D eigenvalue weighted by Gasteiger charge is 2.09. The molecule has 5 heteroatoms. The first-order valence-corrected chi connectivity index (χ1v) is 8.07. The number of amides is 1. The van der Waals surface area contributed by atoms with E-state index in [0.717, 1.165) is 22.2 Å². The number of rotatable bonds is 5. The SMILES string of the molecule is COC(=O)c1ccc(CNC(=O)Cn2c(C)cc3ccccc32)cc1. The highest BCUT2D eigenvalue weighted by atomic mass is 16.5. The number of fused-ring (bicyclic) bond motifs is 1. The molecular weight excluding hydrogens is 316 g/mol. The molecular formula is C20H20N2O3. The van der Waals surface area contributed by atoms with Crippen LogP contribution in [0.4, 0.5) is 0 Å². The molecule has 1 aromatic heterocycles.